The Bertz CT molecular complexity index is 261. The number of hydrogen-bond acceptors (Lipinski definition) is 2. The second-order valence-corrected chi connectivity index (χ2v) is 3.78. The van der Waals surface area contributed by atoms with Crippen LogP contribution in [0.4, 0.5) is 0 Å². The molecule has 13 heavy (non-hydrogen) atoms. The van der Waals surface area contributed by atoms with E-state index in [1.165, 1.54) is 12.8 Å². The lowest BCUT2D eigenvalue weighted by molar-refractivity contribution is -0.114. The van der Waals surface area contributed by atoms with Gasteiger partial charge in [-0.2, -0.15) is 0 Å². The van der Waals surface area contributed by atoms with Crippen molar-refractivity contribution in [1.82, 2.24) is 5.32 Å². The molecule has 0 aromatic carbocycles. The zero-order chi connectivity index (χ0) is 9.10. The topological polar surface area (TPSA) is 29.1 Å². The van der Waals surface area contributed by atoms with Gasteiger partial charge in [0.1, 0.15) is 0 Å². The van der Waals surface area contributed by atoms with Gasteiger partial charge < -0.3 is 5.32 Å². The van der Waals surface area contributed by atoms with Crippen LogP contribution in [-0.2, 0) is 4.79 Å². The Morgan fingerprint density at radius 1 is 1.46 bits per heavy atom. The van der Waals surface area contributed by atoms with Crippen molar-refractivity contribution in [2.45, 2.75) is 25.7 Å². The van der Waals surface area contributed by atoms with Crippen LogP contribution >= 0.6 is 0 Å². The highest BCUT2D eigenvalue weighted by Crippen LogP contribution is 2.29. The highest BCUT2D eigenvalue weighted by atomic mass is 16.1. The molecule has 0 atom stereocenters. The van der Waals surface area contributed by atoms with Crippen LogP contribution in [0.5, 0.6) is 0 Å². The number of ketones is 1. The van der Waals surface area contributed by atoms with Gasteiger partial charge in [0.2, 0.25) is 0 Å². The normalized spacial score (nSPS) is 22.5. The summed E-state index contributed by atoms with van der Waals surface area (Å²) in [7, 11) is 0. The van der Waals surface area contributed by atoms with Gasteiger partial charge in [-0.15, -0.1) is 0 Å². The summed E-state index contributed by atoms with van der Waals surface area (Å²) in [5.41, 5.74) is 1.10. The zero-order valence-electron chi connectivity index (χ0n) is 7.75. The Hall–Kier alpha value is -1.05. The van der Waals surface area contributed by atoms with Gasteiger partial charge in [-0.05, 0) is 25.2 Å². The first-order valence-electron chi connectivity index (χ1n) is 4.98. The maximum absolute atomic E-state index is 10.9. The number of carbonyl (C=O) groups excluding carboxylic acids is 1. The SMILES string of the molecule is O=C1C=C(NC/C=C/C2CC2)CC1. The number of allylic oxidation sites excluding steroid dienone is 3. The van der Waals surface area contributed by atoms with Crippen molar-refractivity contribution in [3.63, 3.8) is 0 Å². The molecule has 0 aliphatic heterocycles. The summed E-state index contributed by atoms with van der Waals surface area (Å²) in [5.74, 6) is 1.11. The van der Waals surface area contributed by atoms with Crippen molar-refractivity contribution in [2.75, 3.05) is 6.54 Å². The lowest BCUT2D eigenvalue weighted by Crippen LogP contribution is -2.11. The minimum atomic E-state index is 0.258. The zero-order valence-corrected chi connectivity index (χ0v) is 7.75. The summed E-state index contributed by atoms with van der Waals surface area (Å²) < 4.78 is 0. The van der Waals surface area contributed by atoms with E-state index in [2.05, 4.69) is 17.5 Å². The fraction of sp³-hybridized carbons (Fsp3) is 0.545. The molecule has 0 saturated heterocycles. The molecule has 0 aromatic heterocycles. The van der Waals surface area contributed by atoms with Crippen molar-refractivity contribution < 1.29 is 4.79 Å². The van der Waals surface area contributed by atoms with Crippen molar-refractivity contribution in [3.05, 3.63) is 23.9 Å². The smallest absolute Gasteiger partial charge is 0.157 e. The van der Waals surface area contributed by atoms with Gasteiger partial charge in [-0.25, -0.2) is 0 Å². The predicted octanol–water partition coefficient (Wildman–Crippen LogP) is 1.79. The number of carbonyl (C=O) groups is 1. The first-order chi connectivity index (χ1) is 6.34. The van der Waals surface area contributed by atoms with Crippen LogP contribution in [-0.4, -0.2) is 12.3 Å². The molecule has 0 bridgehead atoms. The Balaban J connectivity index is 1.67. The van der Waals surface area contributed by atoms with E-state index >= 15 is 0 Å². The first-order valence-corrected chi connectivity index (χ1v) is 4.98. The molecule has 0 amide bonds. The van der Waals surface area contributed by atoms with Gasteiger partial charge in [0, 0.05) is 24.7 Å². The standard InChI is InChI=1S/C11H15NO/c13-11-6-5-10(8-11)12-7-1-2-9-3-4-9/h1-2,8-9,12H,3-7H2/b2-1+. The van der Waals surface area contributed by atoms with E-state index in [4.69, 9.17) is 0 Å². The minimum Gasteiger partial charge on any atom is -0.385 e. The van der Waals surface area contributed by atoms with Crippen molar-refractivity contribution >= 4 is 5.78 Å². The minimum absolute atomic E-state index is 0.258. The largest absolute Gasteiger partial charge is 0.385 e. The third kappa shape index (κ3) is 2.72. The van der Waals surface area contributed by atoms with Gasteiger partial charge >= 0.3 is 0 Å². The molecule has 2 aliphatic rings. The molecule has 0 unspecified atom stereocenters. The summed E-state index contributed by atoms with van der Waals surface area (Å²) in [5, 5.41) is 3.25. The van der Waals surface area contributed by atoms with Crippen molar-refractivity contribution in [3.8, 4) is 0 Å². The molecule has 70 valence electrons. The second kappa shape index (κ2) is 3.77. The van der Waals surface area contributed by atoms with Gasteiger partial charge in [-0.3, -0.25) is 4.79 Å². The van der Waals surface area contributed by atoms with Crippen LogP contribution in [0.15, 0.2) is 23.9 Å². The molecule has 2 nitrogen and oxygen atoms in total. The summed E-state index contributed by atoms with van der Waals surface area (Å²) in [6.07, 6.45) is 10.5. The Morgan fingerprint density at radius 2 is 2.31 bits per heavy atom. The molecule has 0 radical (unpaired) electrons. The van der Waals surface area contributed by atoms with Crippen LogP contribution in [0.25, 0.3) is 0 Å². The van der Waals surface area contributed by atoms with Gasteiger partial charge in [0.25, 0.3) is 0 Å². The van der Waals surface area contributed by atoms with Crippen LogP contribution < -0.4 is 5.32 Å². The number of rotatable bonds is 4. The molecular formula is C11H15NO. The molecule has 0 spiro atoms. The predicted molar refractivity (Wildman–Crippen MR) is 52.2 cm³/mol. The molecule has 1 fully saturated rings. The van der Waals surface area contributed by atoms with E-state index in [0.717, 1.165) is 24.6 Å². The Kier molecular flexibility index (Phi) is 2.48. The lowest BCUT2D eigenvalue weighted by Gasteiger charge is -2.01. The molecular weight excluding hydrogens is 162 g/mol. The summed E-state index contributed by atoms with van der Waals surface area (Å²) in [6.45, 7) is 0.871. The van der Waals surface area contributed by atoms with Crippen LogP contribution in [0.1, 0.15) is 25.7 Å². The third-order valence-electron chi connectivity index (χ3n) is 2.45. The average molecular weight is 177 g/mol. The van der Waals surface area contributed by atoms with Crippen LogP contribution in [0.2, 0.25) is 0 Å². The molecule has 1 saturated carbocycles. The molecule has 0 heterocycles. The quantitative estimate of drug-likeness (QED) is 0.663. The monoisotopic (exact) mass is 177 g/mol. The highest BCUT2D eigenvalue weighted by Gasteiger charge is 2.16. The average Bonchev–Trinajstić information content (AvgIpc) is 2.84. The van der Waals surface area contributed by atoms with E-state index in [-0.39, 0.29) is 5.78 Å². The highest BCUT2D eigenvalue weighted by molar-refractivity contribution is 5.92. The lowest BCUT2D eigenvalue weighted by atomic mass is 10.3. The molecule has 2 heteroatoms. The molecule has 2 aliphatic carbocycles. The maximum atomic E-state index is 10.9. The van der Waals surface area contributed by atoms with Gasteiger partial charge in [0.15, 0.2) is 5.78 Å². The van der Waals surface area contributed by atoms with E-state index in [1.807, 2.05) is 0 Å². The van der Waals surface area contributed by atoms with Crippen molar-refractivity contribution in [2.24, 2.45) is 5.92 Å². The summed E-state index contributed by atoms with van der Waals surface area (Å²) in [6, 6.07) is 0. The van der Waals surface area contributed by atoms with Gasteiger partial charge in [-0.1, -0.05) is 12.2 Å². The summed E-state index contributed by atoms with van der Waals surface area (Å²) >= 11 is 0. The maximum Gasteiger partial charge on any atom is 0.157 e. The van der Waals surface area contributed by atoms with E-state index < -0.39 is 0 Å². The summed E-state index contributed by atoms with van der Waals surface area (Å²) in [4.78, 5) is 10.9. The first kappa shape index (κ1) is 8.54. The van der Waals surface area contributed by atoms with E-state index in [0.29, 0.717) is 6.42 Å². The molecule has 1 N–H and O–H groups in total. The van der Waals surface area contributed by atoms with Gasteiger partial charge in [0.05, 0.1) is 0 Å². The third-order valence-corrected chi connectivity index (χ3v) is 2.45. The van der Waals surface area contributed by atoms with Crippen molar-refractivity contribution in [1.29, 1.82) is 0 Å². The van der Waals surface area contributed by atoms with Crippen LogP contribution in [0, 0.1) is 5.92 Å². The van der Waals surface area contributed by atoms with E-state index in [1.54, 1.807) is 6.08 Å². The Labute approximate surface area is 78.7 Å². The molecule has 2 rings (SSSR count). The number of nitrogens with one attached hydrogen (secondary N) is 1. The van der Waals surface area contributed by atoms with Crippen LogP contribution in [0.3, 0.4) is 0 Å². The Morgan fingerprint density at radius 3 is 2.92 bits per heavy atom. The van der Waals surface area contributed by atoms with E-state index in [9.17, 15) is 4.79 Å². The number of hydrogen-bond donors (Lipinski definition) is 1. The fourth-order valence-electron chi connectivity index (χ4n) is 1.48. The molecule has 0 aromatic rings. The fourth-order valence-corrected chi connectivity index (χ4v) is 1.48. The second-order valence-electron chi connectivity index (χ2n) is 3.78.